The molecule has 2 unspecified atom stereocenters. The van der Waals surface area contributed by atoms with Crippen LogP contribution in [0.3, 0.4) is 0 Å². The van der Waals surface area contributed by atoms with Gasteiger partial charge < -0.3 is 9.52 Å². The molecule has 1 aliphatic heterocycles. The van der Waals surface area contributed by atoms with E-state index >= 15 is 0 Å². The molecular formula is C12H18ClNO2. The maximum absolute atomic E-state index is 9.73. The molecule has 0 amide bonds. The third-order valence-corrected chi connectivity index (χ3v) is 3.41. The van der Waals surface area contributed by atoms with Crippen LogP contribution in [0.5, 0.6) is 0 Å². The standard InChI is InChI=1S/C12H18ClNO2/c1-9(15)11-4-2-3-7-14(11)8-10-5-6-12(13)16-10/h5-6,9,11,15H,2-4,7-8H2,1H3. The van der Waals surface area contributed by atoms with Gasteiger partial charge >= 0.3 is 0 Å². The minimum absolute atomic E-state index is 0.248. The molecule has 3 nitrogen and oxygen atoms in total. The number of likely N-dealkylation sites (tertiary alicyclic amines) is 1. The van der Waals surface area contributed by atoms with E-state index in [1.54, 1.807) is 6.07 Å². The molecule has 0 aromatic carbocycles. The van der Waals surface area contributed by atoms with E-state index in [1.165, 1.54) is 12.8 Å². The lowest BCUT2D eigenvalue weighted by Crippen LogP contribution is -2.45. The monoisotopic (exact) mass is 243 g/mol. The van der Waals surface area contributed by atoms with Crippen molar-refractivity contribution in [3.63, 3.8) is 0 Å². The zero-order valence-corrected chi connectivity index (χ0v) is 10.3. The molecule has 1 saturated heterocycles. The van der Waals surface area contributed by atoms with Gasteiger partial charge in [0.25, 0.3) is 0 Å². The van der Waals surface area contributed by atoms with Crippen LogP contribution in [0.25, 0.3) is 0 Å². The van der Waals surface area contributed by atoms with Crippen LogP contribution in [0.15, 0.2) is 16.5 Å². The SMILES string of the molecule is CC(O)C1CCCCN1Cc1ccc(Cl)o1. The number of hydrogen-bond donors (Lipinski definition) is 1. The summed E-state index contributed by atoms with van der Waals surface area (Å²) < 4.78 is 5.36. The summed E-state index contributed by atoms with van der Waals surface area (Å²) in [5, 5.41) is 10.2. The third kappa shape index (κ3) is 2.78. The van der Waals surface area contributed by atoms with Crippen molar-refractivity contribution in [3.8, 4) is 0 Å². The summed E-state index contributed by atoms with van der Waals surface area (Å²) in [6.45, 7) is 3.62. The van der Waals surface area contributed by atoms with Gasteiger partial charge in [0, 0.05) is 6.04 Å². The molecule has 1 aromatic heterocycles. The smallest absolute Gasteiger partial charge is 0.193 e. The normalized spacial score (nSPS) is 24.6. The van der Waals surface area contributed by atoms with Crippen molar-refractivity contribution in [1.82, 2.24) is 4.90 Å². The number of furan rings is 1. The van der Waals surface area contributed by atoms with Crippen molar-refractivity contribution < 1.29 is 9.52 Å². The average Bonchev–Trinajstić information content (AvgIpc) is 2.64. The molecule has 2 rings (SSSR count). The second-order valence-corrected chi connectivity index (χ2v) is 4.85. The van der Waals surface area contributed by atoms with Crippen LogP contribution in [0.2, 0.25) is 5.22 Å². The van der Waals surface area contributed by atoms with E-state index in [4.69, 9.17) is 16.0 Å². The van der Waals surface area contributed by atoms with Crippen molar-refractivity contribution in [3.05, 3.63) is 23.1 Å². The molecule has 1 N–H and O–H groups in total. The predicted octanol–water partition coefficient (Wildman–Crippen LogP) is 2.67. The maximum atomic E-state index is 9.73. The summed E-state index contributed by atoms with van der Waals surface area (Å²) in [4.78, 5) is 2.28. The second kappa shape index (κ2) is 5.21. The lowest BCUT2D eigenvalue weighted by Gasteiger charge is -2.36. The van der Waals surface area contributed by atoms with Gasteiger partial charge in [0.05, 0.1) is 12.6 Å². The first-order valence-corrected chi connectivity index (χ1v) is 6.21. The molecule has 2 heterocycles. The Morgan fingerprint density at radius 3 is 3.00 bits per heavy atom. The molecule has 2 atom stereocenters. The van der Waals surface area contributed by atoms with Crippen molar-refractivity contribution in [2.75, 3.05) is 6.54 Å². The molecule has 1 fully saturated rings. The lowest BCUT2D eigenvalue weighted by molar-refractivity contribution is 0.0280. The Morgan fingerprint density at radius 2 is 2.38 bits per heavy atom. The highest BCUT2D eigenvalue weighted by molar-refractivity contribution is 6.28. The second-order valence-electron chi connectivity index (χ2n) is 4.48. The molecule has 0 saturated carbocycles. The molecule has 16 heavy (non-hydrogen) atoms. The van der Waals surface area contributed by atoms with Crippen LogP contribution in [-0.2, 0) is 6.54 Å². The fraction of sp³-hybridized carbons (Fsp3) is 0.667. The van der Waals surface area contributed by atoms with E-state index in [0.717, 1.165) is 25.3 Å². The molecule has 1 aliphatic rings. The Bertz CT molecular complexity index is 338. The molecule has 0 aliphatic carbocycles. The third-order valence-electron chi connectivity index (χ3n) is 3.21. The Morgan fingerprint density at radius 1 is 1.56 bits per heavy atom. The van der Waals surface area contributed by atoms with Crippen molar-refractivity contribution in [2.24, 2.45) is 0 Å². The highest BCUT2D eigenvalue weighted by atomic mass is 35.5. The molecule has 0 spiro atoms. The Hall–Kier alpha value is -0.510. The van der Waals surface area contributed by atoms with Crippen LogP contribution in [0.4, 0.5) is 0 Å². The largest absolute Gasteiger partial charge is 0.448 e. The van der Waals surface area contributed by atoms with E-state index < -0.39 is 0 Å². The first-order chi connectivity index (χ1) is 7.66. The zero-order chi connectivity index (χ0) is 11.5. The van der Waals surface area contributed by atoms with Gasteiger partial charge in [0.2, 0.25) is 0 Å². The zero-order valence-electron chi connectivity index (χ0n) is 9.53. The van der Waals surface area contributed by atoms with Gasteiger partial charge in [-0.3, -0.25) is 4.90 Å². The first kappa shape index (κ1) is 12.0. The van der Waals surface area contributed by atoms with Gasteiger partial charge in [-0.15, -0.1) is 0 Å². The van der Waals surface area contributed by atoms with Crippen molar-refractivity contribution in [1.29, 1.82) is 0 Å². The average molecular weight is 244 g/mol. The minimum Gasteiger partial charge on any atom is -0.448 e. The van der Waals surface area contributed by atoms with Gasteiger partial charge in [0.1, 0.15) is 5.76 Å². The quantitative estimate of drug-likeness (QED) is 0.887. The highest BCUT2D eigenvalue weighted by Gasteiger charge is 2.26. The van der Waals surface area contributed by atoms with Crippen LogP contribution in [0, 0.1) is 0 Å². The predicted molar refractivity (Wildman–Crippen MR) is 63.4 cm³/mol. The number of rotatable bonds is 3. The fourth-order valence-corrected chi connectivity index (χ4v) is 2.56. The Kier molecular flexibility index (Phi) is 3.90. The number of aliphatic hydroxyl groups is 1. The molecule has 1 aromatic rings. The van der Waals surface area contributed by atoms with E-state index in [9.17, 15) is 5.11 Å². The van der Waals surface area contributed by atoms with E-state index in [1.807, 2.05) is 13.0 Å². The number of hydrogen-bond acceptors (Lipinski definition) is 3. The van der Waals surface area contributed by atoms with Crippen LogP contribution < -0.4 is 0 Å². The first-order valence-electron chi connectivity index (χ1n) is 5.83. The number of nitrogens with zero attached hydrogens (tertiary/aromatic N) is 1. The highest BCUT2D eigenvalue weighted by Crippen LogP contribution is 2.23. The van der Waals surface area contributed by atoms with E-state index in [-0.39, 0.29) is 12.1 Å². The van der Waals surface area contributed by atoms with E-state index in [0.29, 0.717) is 5.22 Å². The van der Waals surface area contributed by atoms with Gasteiger partial charge in [-0.05, 0) is 50.0 Å². The lowest BCUT2D eigenvalue weighted by atomic mass is 9.98. The summed E-state index contributed by atoms with van der Waals surface area (Å²) in [6, 6.07) is 3.91. The summed E-state index contributed by atoms with van der Waals surface area (Å²) in [6.07, 6.45) is 3.17. The van der Waals surface area contributed by atoms with Gasteiger partial charge in [-0.25, -0.2) is 0 Å². The summed E-state index contributed by atoms with van der Waals surface area (Å²) in [5.41, 5.74) is 0. The van der Waals surface area contributed by atoms with Gasteiger partial charge in [0.15, 0.2) is 5.22 Å². The van der Waals surface area contributed by atoms with Crippen LogP contribution >= 0.6 is 11.6 Å². The molecule has 90 valence electrons. The molecular weight excluding hydrogens is 226 g/mol. The topological polar surface area (TPSA) is 36.6 Å². The van der Waals surface area contributed by atoms with Crippen molar-refractivity contribution >= 4 is 11.6 Å². The van der Waals surface area contributed by atoms with Crippen molar-refractivity contribution in [2.45, 2.75) is 44.9 Å². The minimum atomic E-state index is -0.286. The van der Waals surface area contributed by atoms with Crippen LogP contribution in [-0.4, -0.2) is 28.7 Å². The molecule has 0 radical (unpaired) electrons. The summed E-state index contributed by atoms with van der Waals surface area (Å²) in [7, 11) is 0. The number of aliphatic hydroxyl groups excluding tert-OH is 1. The fourth-order valence-electron chi connectivity index (χ4n) is 2.40. The van der Waals surface area contributed by atoms with Gasteiger partial charge in [-0.1, -0.05) is 6.42 Å². The number of piperidine rings is 1. The molecule has 4 heteroatoms. The maximum Gasteiger partial charge on any atom is 0.193 e. The summed E-state index contributed by atoms with van der Waals surface area (Å²) in [5.74, 6) is 0.873. The summed E-state index contributed by atoms with van der Waals surface area (Å²) >= 11 is 5.74. The van der Waals surface area contributed by atoms with Gasteiger partial charge in [-0.2, -0.15) is 0 Å². The van der Waals surface area contributed by atoms with E-state index in [2.05, 4.69) is 4.90 Å². The molecule has 0 bridgehead atoms. The van der Waals surface area contributed by atoms with Crippen LogP contribution in [0.1, 0.15) is 31.9 Å². The Labute approximate surface area is 101 Å². The number of halogens is 1. The Balaban J connectivity index is 2.01.